The summed E-state index contributed by atoms with van der Waals surface area (Å²) in [7, 11) is 0. The lowest BCUT2D eigenvalue weighted by Gasteiger charge is -2.37. The average Bonchev–Trinajstić information content (AvgIpc) is 3.33. The Morgan fingerprint density at radius 1 is 1.14 bits per heavy atom. The molecule has 0 spiro atoms. The number of aromatic hydroxyl groups is 1. The topological polar surface area (TPSA) is 104 Å². The number of phenolic OH excluding ortho intramolecular Hbond substituents is 1. The molecule has 4 aromatic rings. The monoisotopic (exact) mass is 564 g/mol. The van der Waals surface area contributed by atoms with E-state index in [4.69, 9.17) is 21.1 Å². The standard InChI is InChI=1S/C32H29FN6O3/c1-2-20-4-3-5-21-12-24(40)13-27(30(20)21)39-18-26-25(14-29(39)41)31(38-16-22-7-8-23(17-38)35-22)37-32(36-26)42-11-10-19-6-9-28(33)34-15-19/h1,3-6,9,12-13,15,22-23,35,40H,7-8,10-11,14,16-18H2. The van der Waals surface area contributed by atoms with Crippen molar-refractivity contribution in [3.8, 4) is 24.1 Å². The number of benzene rings is 2. The van der Waals surface area contributed by atoms with Gasteiger partial charge in [-0.3, -0.25) is 4.79 Å². The summed E-state index contributed by atoms with van der Waals surface area (Å²) in [5.74, 6) is 2.84. The Balaban J connectivity index is 1.25. The molecule has 5 heterocycles. The molecule has 3 aliphatic heterocycles. The second-order valence-electron chi connectivity index (χ2n) is 11.1. The van der Waals surface area contributed by atoms with Crippen LogP contribution in [0.2, 0.25) is 0 Å². The van der Waals surface area contributed by atoms with Gasteiger partial charge >= 0.3 is 6.01 Å². The van der Waals surface area contributed by atoms with Crippen molar-refractivity contribution in [1.82, 2.24) is 20.3 Å². The Hall–Kier alpha value is -4.75. The minimum atomic E-state index is -0.528. The lowest BCUT2D eigenvalue weighted by Crippen LogP contribution is -2.52. The van der Waals surface area contributed by atoms with Crippen molar-refractivity contribution in [3.05, 3.63) is 77.0 Å². The van der Waals surface area contributed by atoms with Gasteiger partial charge in [0, 0.05) is 60.4 Å². The van der Waals surface area contributed by atoms with Crippen LogP contribution in [0.25, 0.3) is 10.8 Å². The number of rotatable bonds is 6. The fraction of sp³-hybridized carbons (Fsp3) is 0.312. The van der Waals surface area contributed by atoms with Crippen molar-refractivity contribution in [2.24, 2.45) is 0 Å². The van der Waals surface area contributed by atoms with Crippen molar-refractivity contribution in [1.29, 1.82) is 0 Å². The third-order valence-electron chi connectivity index (χ3n) is 8.30. The molecule has 2 aromatic carbocycles. The first-order valence-corrected chi connectivity index (χ1v) is 14.1. The van der Waals surface area contributed by atoms with Gasteiger partial charge in [-0.15, -0.1) is 6.42 Å². The molecule has 10 heteroatoms. The number of hydrogen-bond acceptors (Lipinski definition) is 8. The van der Waals surface area contributed by atoms with Crippen molar-refractivity contribution >= 4 is 28.2 Å². The van der Waals surface area contributed by atoms with E-state index in [0.717, 1.165) is 53.6 Å². The normalized spacial score (nSPS) is 19.6. The molecule has 42 heavy (non-hydrogen) atoms. The van der Waals surface area contributed by atoms with Crippen LogP contribution in [0.5, 0.6) is 11.8 Å². The molecule has 0 radical (unpaired) electrons. The number of pyridine rings is 1. The molecule has 2 bridgehead atoms. The third kappa shape index (κ3) is 4.86. The van der Waals surface area contributed by atoms with Gasteiger partial charge in [0.2, 0.25) is 11.9 Å². The molecule has 1 amide bonds. The van der Waals surface area contributed by atoms with Crippen LogP contribution in [0.15, 0.2) is 48.7 Å². The van der Waals surface area contributed by atoms with Crippen LogP contribution in [-0.4, -0.2) is 57.7 Å². The van der Waals surface area contributed by atoms with Crippen LogP contribution in [0.1, 0.15) is 35.2 Å². The summed E-state index contributed by atoms with van der Waals surface area (Å²) in [6, 6.07) is 12.7. The van der Waals surface area contributed by atoms with Gasteiger partial charge in [0.25, 0.3) is 0 Å². The minimum absolute atomic E-state index is 0.0456. The van der Waals surface area contributed by atoms with Gasteiger partial charge in [-0.1, -0.05) is 24.1 Å². The number of anilines is 2. The minimum Gasteiger partial charge on any atom is -0.508 e. The van der Waals surface area contributed by atoms with Crippen LogP contribution in [0.4, 0.5) is 15.9 Å². The second-order valence-corrected chi connectivity index (χ2v) is 11.1. The molecule has 2 aromatic heterocycles. The number of nitrogens with one attached hydrogen (secondary N) is 1. The number of nitrogens with zero attached hydrogens (tertiary/aromatic N) is 5. The number of carbonyl (C=O) groups is 1. The maximum Gasteiger partial charge on any atom is 0.318 e. The molecule has 212 valence electrons. The van der Waals surface area contributed by atoms with Gasteiger partial charge in [-0.2, -0.15) is 14.4 Å². The molecule has 3 aliphatic rings. The van der Waals surface area contributed by atoms with Crippen LogP contribution in [0.3, 0.4) is 0 Å². The number of aromatic nitrogens is 3. The van der Waals surface area contributed by atoms with Gasteiger partial charge in [-0.25, -0.2) is 4.98 Å². The SMILES string of the molecule is C#Cc1cccc2cc(O)cc(N3Cc4nc(OCCc5ccc(F)nc5)nc(N5CC6CCC(C5)N6)c4CC3=O)c12. The smallest absolute Gasteiger partial charge is 0.318 e. The number of phenols is 1. The summed E-state index contributed by atoms with van der Waals surface area (Å²) in [5.41, 5.74) is 3.51. The van der Waals surface area contributed by atoms with Crippen LogP contribution in [0, 0.1) is 18.3 Å². The highest BCUT2D eigenvalue weighted by molar-refractivity contribution is 6.08. The summed E-state index contributed by atoms with van der Waals surface area (Å²) < 4.78 is 19.3. The van der Waals surface area contributed by atoms with E-state index in [9.17, 15) is 14.3 Å². The summed E-state index contributed by atoms with van der Waals surface area (Å²) in [6.07, 6.45) is 10.2. The maximum absolute atomic E-state index is 13.8. The van der Waals surface area contributed by atoms with Gasteiger partial charge in [0.15, 0.2) is 0 Å². The molecule has 2 fully saturated rings. The largest absolute Gasteiger partial charge is 0.508 e. The van der Waals surface area contributed by atoms with Gasteiger partial charge in [0.05, 0.1) is 31.0 Å². The highest BCUT2D eigenvalue weighted by Gasteiger charge is 2.37. The molecule has 2 N–H and O–H groups in total. The number of halogens is 1. The summed E-state index contributed by atoms with van der Waals surface area (Å²) >= 11 is 0. The fourth-order valence-electron chi connectivity index (χ4n) is 6.34. The molecule has 0 aliphatic carbocycles. The summed E-state index contributed by atoms with van der Waals surface area (Å²) in [5, 5.41) is 15.7. The quantitative estimate of drug-likeness (QED) is 0.271. The van der Waals surface area contributed by atoms with Gasteiger partial charge in [-0.05, 0) is 42.0 Å². The lowest BCUT2D eigenvalue weighted by atomic mass is 9.98. The van der Waals surface area contributed by atoms with E-state index >= 15 is 0 Å². The van der Waals surface area contributed by atoms with E-state index < -0.39 is 5.95 Å². The number of piperazine rings is 1. The predicted octanol–water partition coefficient (Wildman–Crippen LogP) is 3.50. The van der Waals surface area contributed by atoms with Crippen LogP contribution in [-0.2, 0) is 24.2 Å². The first kappa shape index (κ1) is 26.2. The number of terminal acetylenes is 1. The third-order valence-corrected chi connectivity index (χ3v) is 8.30. The maximum atomic E-state index is 13.8. The van der Waals surface area contributed by atoms with Crippen molar-refractivity contribution in [2.75, 3.05) is 29.5 Å². The molecule has 2 atom stereocenters. The molecule has 7 rings (SSSR count). The van der Waals surface area contributed by atoms with E-state index in [0.29, 0.717) is 35.4 Å². The first-order valence-electron chi connectivity index (χ1n) is 14.1. The Labute approximate surface area is 242 Å². The molecule has 9 nitrogen and oxygen atoms in total. The molecular formula is C32H29FN6O3. The van der Waals surface area contributed by atoms with E-state index in [2.05, 4.69) is 21.1 Å². The van der Waals surface area contributed by atoms with Crippen molar-refractivity contribution in [3.63, 3.8) is 0 Å². The van der Waals surface area contributed by atoms with E-state index in [-0.39, 0.29) is 37.2 Å². The molecule has 2 unspecified atom stereocenters. The Morgan fingerprint density at radius 2 is 1.98 bits per heavy atom. The Morgan fingerprint density at radius 3 is 2.74 bits per heavy atom. The number of fused-ring (bicyclic) bond motifs is 4. The molecular weight excluding hydrogens is 535 g/mol. The number of hydrogen-bond donors (Lipinski definition) is 2. The Kier molecular flexibility index (Phi) is 6.59. The summed E-state index contributed by atoms with van der Waals surface area (Å²) in [6.45, 7) is 2.05. The van der Waals surface area contributed by atoms with E-state index in [1.165, 1.54) is 12.3 Å². The molecule has 2 saturated heterocycles. The first-order chi connectivity index (χ1) is 20.4. The average molecular weight is 565 g/mol. The van der Waals surface area contributed by atoms with E-state index in [1.54, 1.807) is 23.1 Å². The van der Waals surface area contributed by atoms with Crippen LogP contribution < -0.4 is 19.9 Å². The Bertz CT molecular complexity index is 1730. The van der Waals surface area contributed by atoms with Crippen LogP contribution >= 0.6 is 0 Å². The second kappa shape index (κ2) is 10.6. The number of amides is 1. The number of ether oxygens (including phenoxy) is 1. The van der Waals surface area contributed by atoms with Gasteiger partial charge in [0.1, 0.15) is 11.6 Å². The van der Waals surface area contributed by atoms with E-state index in [1.807, 2.05) is 18.2 Å². The highest BCUT2D eigenvalue weighted by Crippen LogP contribution is 2.38. The predicted molar refractivity (Wildman–Crippen MR) is 156 cm³/mol. The zero-order valence-corrected chi connectivity index (χ0v) is 22.9. The lowest BCUT2D eigenvalue weighted by molar-refractivity contribution is -0.118. The summed E-state index contributed by atoms with van der Waals surface area (Å²) in [4.78, 5) is 31.0. The van der Waals surface area contributed by atoms with Crippen molar-refractivity contribution in [2.45, 2.75) is 44.3 Å². The fourth-order valence-corrected chi connectivity index (χ4v) is 6.34. The van der Waals surface area contributed by atoms with Crippen molar-refractivity contribution < 1.29 is 19.0 Å². The number of carbonyl (C=O) groups excluding carboxylic acids is 1. The highest BCUT2D eigenvalue weighted by atomic mass is 19.1. The van der Waals surface area contributed by atoms with Gasteiger partial charge < -0.3 is 25.0 Å². The molecule has 0 saturated carbocycles. The zero-order valence-electron chi connectivity index (χ0n) is 22.9. The zero-order chi connectivity index (χ0) is 28.8.